The van der Waals surface area contributed by atoms with Gasteiger partial charge in [-0.1, -0.05) is 6.92 Å². The van der Waals surface area contributed by atoms with Gasteiger partial charge in [-0.05, 0) is 18.8 Å². The summed E-state index contributed by atoms with van der Waals surface area (Å²) in [6.07, 6.45) is 1.73. The van der Waals surface area contributed by atoms with Crippen molar-refractivity contribution in [2.45, 2.75) is 32.2 Å². The smallest absolute Gasteiger partial charge is 0.220 e. The Morgan fingerprint density at radius 3 is 2.75 bits per heavy atom. The van der Waals surface area contributed by atoms with Crippen LogP contribution in [0.15, 0.2) is 0 Å². The van der Waals surface area contributed by atoms with Crippen LogP contribution in [0.2, 0.25) is 0 Å². The molecule has 2 unspecified atom stereocenters. The third-order valence-corrected chi connectivity index (χ3v) is 4.72. The van der Waals surface area contributed by atoms with Crippen LogP contribution in [0.5, 0.6) is 0 Å². The third kappa shape index (κ3) is 4.49. The van der Waals surface area contributed by atoms with E-state index in [1.807, 2.05) is 6.92 Å². The summed E-state index contributed by atoms with van der Waals surface area (Å²) in [5, 5.41) is 2.73. The van der Waals surface area contributed by atoms with Gasteiger partial charge in [0.2, 0.25) is 5.91 Å². The molecule has 94 valence electrons. The second kappa shape index (κ2) is 5.63. The molecule has 1 fully saturated rings. The summed E-state index contributed by atoms with van der Waals surface area (Å²) in [5.41, 5.74) is 5.66. The number of hydrogen-bond donors (Lipinski definition) is 2. The molecule has 0 aromatic carbocycles. The van der Waals surface area contributed by atoms with Gasteiger partial charge in [-0.25, -0.2) is 8.42 Å². The van der Waals surface area contributed by atoms with Crippen molar-refractivity contribution in [2.75, 3.05) is 18.1 Å². The molecule has 0 saturated carbocycles. The second-order valence-electron chi connectivity index (χ2n) is 4.45. The van der Waals surface area contributed by atoms with Gasteiger partial charge in [0.05, 0.1) is 11.5 Å². The minimum Gasteiger partial charge on any atom is -0.355 e. The lowest BCUT2D eigenvalue weighted by Crippen LogP contribution is -2.37. The number of nitrogens with one attached hydrogen (secondary N) is 1. The minimum atomic E-state index is -2.88. The van der Waals surface area contributed by atoms with Crippen LogP contribution in [0.1, 0.15) is 26.2 Å². The molecule has 1 aliphatic rings. The van der Waals surface area contributed by atoms with E-state index in [0.717, 1.165) is 6.42 Å². The van der Waals surface area contributed by atoms with E-state index in [0.29, 0.717) is 19.4 Å². The summed E-state index contributed by atoms with van der Waals surface area (Å²) in [6.45, 7) is 2.43. The van der Waals surface area contributed by atoms with Crippen LogP contribution in [0.3, 0.4) is 0 Å². The van der Waals surface area contributed by atoms with Crippen molar-refractivity contribution in [3.63, 3.8) is 0 Å². The molecule has 6 heteroatoms. The molecule has 2 atom stereocenters. The Morgan fingerprint density at radius 1 is 1.56 bits per heavy atom. The Hall–Kier alpha value is -0.620. The maximum Gasteiger partial charge on any atom is 0.220 e. The summed E-state index contributed by atoms with van der Waals surface area (Å²) in [6, 6.07) is -0.0174. The summed E-state index contributed by atoms with van der Waals surface area (Å²) in [5.74, 6) is 0.272. The highest BCUT2D eigenvalue weighted by molar-refractivity contribution is 7.91. The molecule has 0 aliphatic carbocycles. The van der Waals surface area contributed by atoms with E-state index in [1.165, 1.54) is 0 Å². The highest BCUT2D eigenvalue weighted by Gasteiger charge is 2.29. The van der Waals surface area contributed by atoms with Crippen molar-refractivity contribution in [1.82, 2.24) is 5.32 Å². The Bertz CT molecular complexity index is 340. The van der Waals surface area contributed by atoms with Gasteiger partial charge in [-0.2, -0.15) is 0 Å². The predicted octanol–water partition coefficient (Wildman–Crippen LogP) is -0.335. The number of rotatable bonds is 5. The topological polar surface area (TPSA) is 89.3 Å². The average molecular weight is 248 g/mol. The maximum atomic E-state index is 11.5. The molecule has 0 aromatic rings. The van der Waals surface area contributed by atoms with Gasteiger partial charge in [0.1, 0.15) is 0 Å². The highest BCUT2D eigenvalue weighted by atomic mass is 32.2. The summed E-state index contributed by atoms with van der Waals surface area (Å²) < 4.78 is 22.4. The molecule has 1 aliphatic heterocycles. The van der Waals surface area contributed by atoms with Gasteiger partial charge in [0.25, 0.3) is 0 Å². The van der Waals surface area contributed by atoms with Crippen LogP contribution in [-0.2, 0) is 14.6 Å². The quantitative estimate of drug-likeness (QED) is 0.697. The zero-order chi connectivity index (χ0) is 12.2. The van der Waals surface area contributed by atoms with E-state index >= 15 is 0 Å². The van der Waals surface area contributed by atoms with E-state index in [1.54, 1.807) is 0 Å². The lowest BCUT2D eigenvalue weighted by Gasteiger charge is -2.12. The van der Waals surface area contributed by atoms with Crippen molar-refractivity contribution in [3.05, 3.63) is 0 Å². The van der Waals surface area contributed by atoms with Crippen molar-refractivity contribution in [1.29, 1.82) is 0 Å². The minimum absolute atomic E-state index is 0.0112. The van der Waals surface area contributed by atoms with E-state index in [4.69, 9.17) is 5.73 Å². The highest BCUT2D eigenvalue weighted by Crippen LogP contribution is 2.21. The average Bonchev–Trinajstić information content (AvgIpc) is 2.54. The molecule has 16 heavy (non-hydrogen) atoms. The van der Waals surface area contributed by atoms with Crippen LogP contribution in [-0.4, -0.2) is 38.4 Å². The van der Waals surface area contributed by atoms with Crippen molar-refractivity contribution in [2.24, 2.45) is 11.7 Å². The Labute approximate surface area is 96.7 Å². The van der Waals surface area contributed by atoms with E-state index in [2.05, 4.69) is 5.32 Å². The first kappa shape index (κ1) is 13.4. The lowest BCUT2D eigenvalue weighted by atomic mass is 10.1. The van der Waals surface area contributed by atoms with Crippen molar-refractivity contribution < 1.29 is 13.2 Å². The van der Waals surface area contributed by atoms with Crippen LogP contribution in [0, 0.1) is 5.92 Å². The van der Waals surface area contributed by atoms with Crippen LogP contribution in [0.4, 0.5) is 0 Å². The maximum absolute atomic E-state index is 11.5. The van der Waals surface area contributed by atoms with Gasteiger partial charge >= 0.3 is 0 Å². The van der Waals surface area contributed by atoms with Gasteiger partial charge in [-0.3, -0.25) is 4.79 Å². The monoisotopic (exact) mass is 248 g/mol. The molecule has 0 spiro atoms. The fourth-order valence-electron chi connectivity index (χ4n) is 1.76. The molecule has 5 nitrogen and oxygen atoms in total. The fraction of sp³-hybridized carbons (Fsp3) is 0.900. The first-order chi connectivity index (χ1) is 7.43. The van der Waals surface area contributed by atoms with E-state index < -0.39 is 9.84 Å². The molecule has 0 aromatic heterocycles. The molecule has 0 radical (unpaired) electrons. The number of nitrogens with two attached hydrogens (primary N) is 1. The molecular weight excluding hydrogens is 228 g/mol. The van der Waals surface area contributed by atoms with E-state index in [9.17, 15) is 13.2 Å². The normalized spacial score (nSPS) is 25.2. The second-order valence-corrected chi connectivity index (χ2v) is 6.67. The summed E-state index contributed by atoms with van der Waals surface area (Å²) in [7, 11) is -2.88. The van der Waals surface area contributed by atoms with Crippen LogP contribution in [0.25, 0.3) is 0 Å². The number of carbonyl (C=O) groups is 1. The van der Waals surface area contributed by atoms with Crippen LogP contribution >= 0.6 is 0 Å². The first-order valence-corrected chi connectivity index (χ1v) is 7.47. The molecule has 1 saturated heterocycles. The molecule has 3 N–H and O–H groups in total. The van der Waals surface area contributed by atoms with Crippen molar-refractivity contribution in [3.8, 4) is 0 Å². The Kier molecular flexibility index (Phi) is 4.73. The molecule has 0 bridgehead atoms. The SMILES string of the molecule is CCC(N)CNC(=O)CC1CCS(=O)(=O)C1. The van der Waals surface area contributed by atoms with Gasteiger partial charge in [0.15, 0.2) is 9.84 Å². The Balaban J connectivity index is 2.25. The molecule has 1 rings (SSSR count). The van der Waals surface area contributed by atoms with Crippen LogP contribution < -0.4 is 11.1 Å². The first-order valence-electron chi connectivity index (χ1n) is 5.65. The van der Waals surface area contributed by atoms with Gasteiger partial charge in [-0.15, -0.1) is 0 Å². The summed E-state index contributed by atoms with van der Waals surface area (Å²) in [4.78, 5) is 11.5. The van der Waals surface area contributed by atoms with Gasteiger partial charge in [0, 0.05) is 19.0 Å². The van der Waals surface area contributed by atoms with Gasteiger partial charge < -0.3 is 11.1 Å². The molecule has 1 amide bonds. The van der Waals surface area contributed by atoms with Crippen molar-refractivity contribution >= 4 is 15.7 Å². The largest absolute Gasteiger partial charge is 0.355 e. The summed E-state index contributed by atoms with van der Waals surface area (Å²) >= 11 is 0. The number of carbonyl (C=O) groups excluding carboxylic acids is 1. The number of sulfone groups is 1. The Morgan fingerprint density at radius 2 is 2.25 bits per heavy atom. The number of hydrogen-bond acceptors (Lipinski definition) is 4. The fourth-order valence-corrected chi connectivity index (χ4v) is 3.62. The van der Waals surface area contributed by atoms with E-state index in [-0.39, 0.29) is 29.4 Å². The number of amides is 1. The lowest BCUT2D eigenvalue weighted by molar-refractivity contribution is -0.121. The molecule has 1 heterocycles. The predicted molar refractivity (Wildman–Crippen MR) is 62.7 cm³/mol. The zero-order valence-electron chi connectivity index (χ0n) is 9.61. The standard InChI is InChI=1S/C10H20N2O3S/c1-2-9(11)6-12-10(13)5-8-3-4-16(14,15)7-8/h8-9H,2-7,11H2,1H3,(H,12,13). The molecular formula is C10H20N2O3S. The third-order valence-electron chi connectivity index (χ3n) is 2.89. The zero-order valence-corrected chi connectivity index (χ0v) is 10.4.